The zero-order valence-electron chi connectivity index (χ0n) is 46.5. The smallest absolute Gasteiger partial charge is 0.143 e. The molecule has 16 aromatic rings. The molecule has 2 aliphatic carbocycles. The number of furan rings is 4. The molecule has 0 unspecified atom stereocenters. The third-order valence-electron chi connectivity index (χ3n) is 19.2. The summed E-state index contributed by atoms with van der Waals surface area (Å²) in [6.07, 6.45) is 12.9. The Balaban J connectivity index is 0.742. The zero-order chi connectivity index (χ0) is 55.0. The van der Waals surface area contributed by atoms with Gasteiger partial charge >= 0.3 is 0 Å². The van der Waals surface area contributed by atoms with Crippen LogP contribution in [-0.2, 0) is 0 Å². The van der Waals surface area contributed by atoms with Gasteiger partial charge in [-0.05, 0) is 179 Å². The predicted molar refractivity (Wildman–Crippen MR) is 349 cm³/mol. The van der Waals surface area contributed by atoms with Crippen molar-refractivity contribution < 1.29 is 17.7 Å². The minimum atomic E-state index is 0.616. The van der Waals surface area contributed by atoms with Crippen LogP contribution in [0.4, 0.5) is 34.1 Å². The van der Waals surface area contributed by atoms with Crippen molar-refractivity contribution >= 4 is 154 Å². The highest BCUT2D eigenvalue weighted by atomic mass is 16.3. The highest BCUT2D eigenvalue weighted by molar-refractivity contribution is 6.24. The summed E-state index contributed by atoms with van der Waals surface area (Å²) in [7, 11) is 0. The molecule has 0 atom stereocenters. The van der Waals surface area contributed by atoms with Gasteiger partial charge < -0.3 is 27.5 Å². The topological polar surface area (TPSA) is 59.0 Å². The van der Waals surface area contributed by atoms with Crippen LogP contribution in [0.1, 0.15) is 87.2 Å². The second-order valence-electron chi connectivity index (χ2n) is 24.0. The fourth-order valence-corrected chi connectivity index (χ4v) is 15.0. The van der Waals surface area contributed by atoms with E-state index in [1.807, 2.05) is 0 Å². The molecule has 12 aromatic carbocycles. The van der Waals surface area contributed by atoms with Crippen molar-refractivity contribution in [1.29, 1.82) is 0 Å². The number of hydrogen-bond acceptors (Lipinski definition) is 6. The van der Waals surface area contributed by atoms with Gasteiger partial charge in [0.15, 0.2) is 0 Å². The normalized spacial score (nSPS) is 14.8. The number of benzene rings is 12. The lowest BCUT2D eigenvalue weighted by atomic mass is 9.84. The second kappa shape index (κ2) is 18.9. The molecule has 0 amide bonds. The van der Waals surface area contributed by atoms with E-state index in [2.05, 4.69) is 228 Å². The average molecular weight is 1090 g/mol. The van der Waals surface area contributed by atoms with Gasteiger partial charge in [0.1, 0.15) is 44.7 Å². The molecular weight excluding hydrogens is 1030 g/mol. The lowest BCUT2D eigenvalue weighted by Gasteiger charge is -2.27. The van der Waals surface area contributed by atoms with Crippen LogP contribution in [0.5, 0.6) is 0 Å². The van der Waals surface area contributed by atoms with Crippen molar-refractivity contribution in [2.45, 2.75) is 76.0 Å². The fraction of sp³-hybridized carbons (Fsp3) is 0.154. The SMILES string of the molecule is c1ccc2c(c1)ccc1oc3cc(N(c4ccc(C5CCCCC5)cc4)c4ccc5c(c4)oc4c5ccc5c4ccc4c6ccc(N(c7ccc(C8CCCCC8)cc7)c7ccc8c(c7)oc7ccc9ccccc9c78)cc6oc45)ccc3c12. The van der Waals surface area contributed by atoms with Crippen LogP contribution in [0.15, 0.2) is 236 Å². The number of rotatable bonds is 8. The highest BCUT2D eigenvalue weighted by Crippen LogP contribution is 2.48. The Morgan fingerprint density at radius 1 is 0.250 bits per heavy atom. The number of hydrogen-bond donors (Lipinski definition) is 0. The first-order valence-corrected chi connectivity index (χ1v) is 30.3. The summed E-state index contributed by atoms with van der Waals surface area (Å²) in [4.78, 5) is 4.69. The van der Waals surface area contributed by atoms with Crippen molar-refractivity contribution in [3.63, 3.8) is 0 Å². The Morgan fingerprint density at radius 3 is 0.988 bits per heavy atom. The maximum atomic E-state index is 7.07. The van der Waals surface area contributed by atoms with E-state index in [-0.39, 0.29) is 0 Å². The first kappa shape index (κ1) is 47.8. The Labute approximate surface area is 484 Å². The fourth-order valence-electron chi connectivity index (χ4n) is 15.0. The number of fused-ring (bicyclic) bond motifs is 19. The van der Waals surface area contributed by atoms with E-state index < -0.39 is 0 Å². The lowest BCUT2D eigenvalue weighted by molar-refractivity contribution is 0.443. The summed E-state index contributed by atoms with van der Waals surface area (Å²) in [5.41, 5.74) is 15.9. The molecule has 6 heteroatoms. The van der Waals surface area contributed by atoms with Gasteiger partial charge in [-0.1, -0.05) is 123 Å². The molecule has 0 bridgehead atoms. The van der Waals surface area contributed by atoms with Gasteiger partial charge in [-0.15, -0.1) is 0 Å². The summed E-state index contributed by atoms with van der Waals surface area (Å²) in [5.74, 6) is 1.23. The van der Waals surface area contributed by atoms with E-state index in [1.54, 1.807) is 0 Å². The maximum absolute atomic E-state index is 7.07. The molecule has 2 saturated carbocycles. The Hall–Kier alpha value is -9.78. The van der Waals surface area contributed by atoms with Gasteiger partial charge in [-0.3, -0.25) is 0 Å². The monoisotopic (exact) mass is 1090 g/mol. The average Bonchev–Trinajstić information content (AvgIpc) is 2.27. The van der Waals surface area contributed by atoms with E-state index in [0.29, 0.717) is 11.8 Å². The van der Waals surface area contributed by atoms with Gasteiger partial charge in [0.25, 0.3) is 0 Å². The van der Waals surface area contributed by atoms with Crippen LogP contribution in [0.3, 0.4) is 0 Å². The third-order valence-corrected chi connectivity index (χ3v) is 19.2. The largest absolute Gasteiger partial charge is 0.456 e. The van der Waals surface area contributed by atoms with Crippen molar-refractivity contribution in [2.75, 3.05) is 9.80 Å². The van der Waals surface area contributed by atoms with Gasteiger partial charge in [0.05, 0.1) is 0 Å². The van der Waals surface area contributed by atoms with Crippen molar-refractivity contribution in [2.24, 2.45) is 0 Å². The molecule has 0 spiro atoms. The van der Waals surface area contributed by atoms with Crippen LogP contribution >= 0.6 is 0 Å². The second-order valence-corrected chi connectivity index (χ2v) is 24.0. The predicted octanol–water partition coefficient (Wildman–Crippen LogP) is 23.8. The summed E-state index contributed by atoms with van der Waals surface area (Å²) >= 11 is 0. The Bertz CT molecular complexity index is 4960. The molecule has 2 aliphatic rings. The van der Waals surface area contributed by atoms with E-state index in [0.717, 1.165) is 133 Å². The van der Waals surface area contributed by atoms with E-state index in [1.165, 1.54) is 96.9 Å². The molecule has 0 N–H and O–H groups in total. The summed E-state index contributed by atoms with van der Waals surface area (Å²) in [6, 6.07) is 79.8. The summed E-state index contributed by atoms with van der Waals surface area (Å²) < 4.78 is 27.5. The Kier molecular flexibility index (Phi) is 10.7. The van der Waals surface area contributed by atoms with Crippen molar-refractivity contribution in [3.05, 3.63) is 230 Å². The first-order chi connectivity index (χ1) is 41.6. The zero-order valence-corrected chi connectivity index (χ0v) is 46.5. The van der Waals surface area contributed by atoms with Crippen LogP contribution in [0, 0.1) is 0 Å². The van der Waals surface area contributed by atoms with Crippen LogP contribution in [-0.4, -0.2) is 0 Å². The minimum absolute atomic E-state index is 0.616. The van der Waals surface area contributed by atoms with Gasteiger partial charge in [0, 0.05) is 112 Å². The molecule has 84 heavy (non-hydrogen) atoms. The van der Waals surface area contributed by atoms with Crippen LogP contribution in [0.2, 0.25) is 0 Å². The van der Waals surface area contributed by atoms with Crippen molar-refractivity contribution in [3.8, 4) is 0 Å². The van der Waals surface area contributed by atoms with Gasteiger partial charge in [-0.25, -0.2) is 0 Å². The quantitative estimate of drug-likeness (QED) is 0.151. The summed E-state index contributed by atoms with van der Waals surface area (Å²) in [6.45, 7) is 0. The van der Waals surface area contributed by atoms with Crippen molar-refractivity contribution in [1.82, 2.24) is 0 Å². The van der Waals surface area contributed by atoms with Crippen LogP contribution < -0.4 is 9.80 Å². The minimum Gasteiger partial charge on any atom is -0.456 e. The molecule has 0 saturated heterocycles. The van der Waals surface area contributed by atoms with E-state index >= 15 is 0 Å². The number of anilines is 6. The highest BCUT2D eigenvalue weighted by Gasteiger charge is 2.25. The maximum Gasteiger partial charge on any atom is 0.143 e. The molecule has 0 aliphatic heterocycles. The first-order valence-electron chi connectivity index (χ1n) is 30.3. The number of nitrogens with zero attached hydrogens (tertiary/aromatic N) is 2. The Morgan fingerprint density at radius 2 is 0.583 bits per heavy atom. The molecule has 4 aromatic heterocycles. The standard InChI is InChI=1S/C78H58N2O4/c1-3-11-47(12-4-1)49-19-25-53(26-20-49)79(57-31-35-67-73(45-57)81-69-41-23-51-15-7-9-17-59(51)75(67)69)55-29-33-61-63-37-39-66-65(77(63)83-71(61)43-55)40-38-64-62-34-30-56(44-72(62)84-78(64)66)80(54-27-21-50(22-28-54)48-13-5-2-6-14-48)58-32-36-68-74(46-58)82-70-42-24-52-16-8-10-18-60(52)76(68)70/h7-10,15-48H,1-6,11-14H2. The van der Waals surface area contributed by atoms with Crippen LogP contribution in [0.25, 0.3) is 120 Å². The molecule has 4 heterocycles. The van der Waals surface area contributed by atoms with E-state index in [9.17, 15) is 0 Å². The molecule has 0 radical (unpaired) electrons. The van der Waals surface area contributed by atoms with E-state index in [4.69, 9.17) is 17.7 Å². The third kappa shape index (κ3) is 7.55. The molecular formula is C78H58N2O4. The molecule has 6 nitrogen and oxygen atoms in total. The molecule has 2 fully saturated rings. The van der Waals surface area contributed by atoms with Gasteiger partial charge in [-0.2, -0.15) is 0 Å². The molecule has 18 rings (SSSR count). The molecule has 404 valence electrons. The van der Waals surface area contributed by atoms with Gasteiger partial charge in [0.2, 0.25) is 0 Å². The lowest BCUT2D eigenvalue weighted by Crippen LogP contribution is -2.10. The summed E-state index contributed by atoms with van der Waals surface area (Å²) in [5, 5.41) is 15.6.